The molecule has 0 aliphatic carbocycles. The highest BCUT2D eigenvalue weighted by Crippen LogP contribution is 2.35. The number of thiocarbonyl (C=S) groups is 1. The topological polar surface area (TPSA) is 60.8 Å². The van der Waals surface area contributed by atoms with E-state index in [-0.39, 0.29) is 23.4 Å². The van der Waals surface area contributed by atoms with Crippen molar-refractivity contribution in [3.63, 3.8) is 0 Å². The van der Waals surface area contributed by atoms with E-state index in [1.165, 1.54) is 23.9 Å². The van der Waals surface area contributed by atoms with Gasteiger partial charge in [0.2, 0.25) is 0 Å². The summed E-state index contributed by atoms with van der Waals surface area (Å²) >= 11 is 6.38. The summed E-state index contributed by atoms with van der Waals surface area (Å²) in [5, 5.41) is 18.9. The molecule has 1 fully saturated rings. The van der Waals surface area contributed by atoms with Crippen molar-refractivity contribution in [2.75, 3.05) is 0 Å². The third-order valence-corrected chi connectivity index (χ3v) is 3.97. The first-order valence-corrected chi connectivity index (χ1v) is 6.91. The van der Waals surface area contributed by atoms with Crippen molar-refractivity contribution < 1.29 is 15.0 Å². The lowest BCUT2D eigenvalue weighted by Gasteiger charge is -2.18. The molecule has 1 amide bonds. The Hall–Kier alpha value is -1.53. The summed E-state index contributed by atoms with van der Waals surface area (Å²) in [6.45, 7) is 3.79. The monoisotopic (exact) mass is 295 g/mol. The molecule has 2 rings (SSSR count). The number of aromatic hydroxyl groups is 2. The maximum absolute atomic E-state index is 12.2. The quantitative estimate of drug-likeness (QED) is 0.649. The first-order chi connectivity index (χ1) is 8.90. The lowest BCUT2D eigenvalue weighted by molar-refractivity contribution is -0.123. The standard InChI is InChI=1S/C13H13NO3S2/c1-7(2)14-12(17)11(19-13(14)18)5-8-3-4-9(15)6-10(8)16/h3-7,15-16H,1-2H3/b11-5-. The molecule has 0 atom stereocenters. The number of hydrogen-bond acceptors (Lipinski definition) is 5. The molecule has 1 heterocycles. The molecule has 1 aliphatic rings. The number of benzene rings is 1. The van der Waals surface area contributed by atoms with Gasteiger partial charge >= 0.3 is 0 Å². The Morgan fingerprint density at radius 3 is 2.58 bits per heavy atom. The van der Waals surface area contributed by atoms with Crippen molar-refractivity contribution in [2.45, 2.75) is 19.9 Å². The highest BCUT2D eigenvalue weighted by Gasteiger charge is 2.33. The molecule has 0 saturated carbocycles. The van der Waals surface area contributed by atoms with Crippen LogP contribution in [0, 0.1) is 0 Å². The van der Waals surface area contributed by atoms with Crippen LogP contribution in [0.1, 0.15) is 19.4 Å². The molecule has 0 aromatic heterocycles. The first kappa shape index (κ1) is 13.9. The minimum atomic E-state index is -0.155. The van der Waals surface area contributed by atoms with Crippen LogP contribution in [0.2, 0.25) is 0 Å². The number of thioether (sulfide) groups is 1. The van der Waals surface area contributed by atoms with Gasteiger partial charge in [-0.1, -0.05) is 24.0 Å². The van der Waals surface area contributed by atoms with Crippen LogP contribution in [0.5, 0.6) is 11.5 Å². The Bertz CT molecular complexity index is 581. The highest BCUT2D eigenvalue weighted by molar-refractivity contribution is 8.26. The van der Waals surface area contributed by atoms with E-state index in [1.54, 1.807) is 17.0 Å². The third-order valence-electron chi connectivity index (χ3n) is 2.64. The molecule has 0 unspecified atom stereocenters. The van der Waals surface area contributed by atoms with Gasteiger partial charge in [-0.25, -0.2) is 0 Å². The predicted molar refractivity (Wildman–Crippen MR) is 79.9 cm³/mol. The van der Waals surface area contributed by atoms with Crippen molar-refractivity contribution in [1.82, 2.24) is 4.90 Å². The van der Waals surface area contributed by atoms with E-state index in [9.17, 15) is 15.0 Å². The second-order valence-corrected chi connectivity index (χ2v) is 6.06. The fraction of sp³-hybridized carbons (Fsp3) is 0.231. The second kappa shape index (κ2) is 5.22. The van der Waals surface area contributed by atoms with Gasteiger partial charge < -0.3 is 10.2 Å². The molecule has 0 bridgehead atoms. The molecule has 1 aliphatic heterocycles. The fourth-order valence-corrected chi connectivity index (χ4v) is 3.24. The number of nitrogens with zero attached hydrogens (tertiary/aromatic N) is 1. The lowest BCUT2D eigenvalue weighted by atomic mass is 10.1. The Morgan fingerprint density at radius 2 is 2.05 bits per heavy atom. The average molecular weight is 295 g/mol. The van der Waals surface area contributed by atoms with Gasteiger partial charge in [0, 0.05) is 17.7 Å². The molecule has 2 N–H and O–H groups in total. The van der Waals surface area contributed by atoms with Gasteiger partial charge in [0.25, 0.3) is 5.91 Å². The maximum Gasteiger partial charge on any atom is 0.266 e. The third kappa shape index (κ3) is 2.74. The van der Waals surface area contributed by atoms with E-state index in [4.69, 9.17) is 12.2 Å². The zero-order valence-electron chi connectivity index (χ0n) is 10.5. The molecule has 1 aromatic carbocycles. The number of phenols is 2. The van der Waals surface area contributed by atoms with Crippen molar-refractivity contribution in [1.29, 1.82) is 0 Å². The van der Waals surface area contributed by atoms with Gasteiger partial charge in [-0.3, -0.25) is 9.69 Å². The summed E-state index contributed by atoms with van der Waals surface area (Å²) in [6, 6.07) is 4.24. The molecule has 6 heteroatoms. The number of carbonyl (C=O) groups is 1. The largest absolute Gasteiger partial charge is 0.508 e. The fourth-order valence-electron chi connectivity index (χ4n) is 1.72. The molecule has 1 saturated heterocycles. The smallest absolute Gasteiger partial charge is 0.266 e. The zero-order chi connectivity index (χ0) is 14.2. The highest BCUT2D eigenvalue weighted by atomic mass is 32.2. The van der Waals surface area contributed by atoms with Gasteiger partial charge in [-0.05, 0) is 32.1 Å². The van der Waals surface area contributed by atoms with E-state index in [1.807, 2.05) is 13.8 Å². The number of amides is 1. The van der Waals surface area contributed by atoms with Gasteiger partial charge in [-0.2, -0.15) is 0 Å². The van der Waals surface area contributed by atoms with Gasteiger partial charge in [0.05, 0.1) is 4.91 Å². The van der Waals surface area contributed by atoms with Gasteiger partial charge in [0.15, 0.2) is 0 Å². The molecular weight excluding hydrogens is 282 g/mol. The summed E-state index contributed by atoms with van der Waals surface area (Å²) in [4.78, 5) is 14.2. The molecular formula is C13H13NO3S2. The molecule has 0 spiro atoms. The van der Waals surface area contributed by atoms with Crippen molar-refractivity contribution in [3.05, 3.63) is 28.7 Å². The normalized spacial score (nSPS) is 17.8. The maximum atomic E-state index is 12.2. The van der Waals surface area contributed by atoms with Crippen LogP contribution in [-0.4, -0.2) is 31.4 Å². The van der Waals surface area contributed by atoms with Gasteiger partial charge in [-0.15, -0.1) is 0 Å². The number of rotatable bonds is 2. The molecule has 1 aromatic rings. The van der Waals surface area contributed by atoms with Crippen molar-refractivity contribution in [2.24, 2.45) is 0 Å². The van der Waals surface area contributed by atoms with Crippen LogP contribution in [0.3, 0.4) is 0 Å². The van der Waals surface area contributed by atoms with E-state index in [0.29, 0.717) is 14.8 Å². The van der Waals surface area contributed by atoms with Crippen molar-refractivity contribution in [3.8, 4) is 11.5 Å². The SMILES string of the molecule is CC(C)N1C(=O)/C(=C/c2ccc(O)cc2O)SC1=S. The van der Waals surface area contributed by atoms with E-state index in [0.717, 1.165) is 0 Å². The Morgan fingerprint density at radius 1 is 1.37 bits per heavy atom. The van der Waals surface area contributed by atoms with Crippen LogP contribution in [0.4, 0.5) is 0 Å². The Balaban J connectivity index is 2.35. The lowest BCUT2D eigenvalue weighted by Crippen LogP contribution is -2.34. The Labute approximate surface area is 120 Å². The number of carbonyl (C=O) groups excluding carboxylic acids is 1. The van der Waals surface area contributed by atoms with E-state index >= 15 is 0 Å². The van der Waals surface area contributed by atoms with E-state index < -0.39 is 0 Å². The molecule has 100 valence electrons. The zero-order valence-corrected chi connectivity index (χ0v) is 12.1. The van der Waals surface area contributed by atoms with Crippen LogP contribution in [-0.2, 0) is 4.79 Å². The van der Waals surface area contributed by atoms with Crippen LogP contribution >= 0.6 is 24.0 Å². The van der Waals surface area contributed by atoms with Crippen LogP contribution < -0.4 is 0 Å². The Kier molecular flexibility index (Phi) is 3.82. The predicted octanol–water partition coefficient (Wildman–Crippen LogP) is 2.71. The van der Waals surface area contributed by atoms with Crippen LogP contribution in [0.15, 0.2) is 23.1 Å². The summed E-state index contributed by atoms with van der Waals surface area (Å²) in [5.74, 6) is -0.253. The van der Waals surface area contributed by atoms with E-state index in [2.05, 4.69) is 0 Å². The molecule has 0 radical (unpaired) electrons. The van der Waals surface area contributed by atoms with Gasteiger partial charge in [0.1, 0.15) is 15.8 Å². The summed E-state index contributed by atoms with van der Waals surface area (Å²) < 4.78 is 0.518. The average Bonchev–Trinajstić information content (AvgIpc) is 2.58. The van der Waals surface area contributed by atoms with Crippen LogP contribution in [0.25, 0.3) is 6.08 Å². The second-order valence-electron chi connectivity index (χ2n) is 4.39. The first-order valence-electron chi connectivity index (χ1n) is 5.69. The summed E-state index contributed by atoms with van der Waals surface area (Å²) in [6.07, 6.45) is 1.58. The summed E-state index contributed by atoms with van der Waals surface area (Å²) in [5.41, 5.74) is 0.474. The molecule has 19 heavy (non-hydrogen) atoms. The molecule has 4 nitrogen and oxygen atoms in total. The minimum Gasteiger partial charge on any atom is -0.508 e. The summed E-state index contributed by atoms with van der Waals surface area (Å²) in [7, 11) is 0. The number of phenolic OH excluding ortho intramolecular Hbond substituents is 2. The number of hydrogen-bond donors (Lipinski definition) is 2. The van der Waals surface area contributed by atoms with Crippen molar-refractivity contribution >= 4 is 40.3 Å². The minimum absolute atomic E-state index is 0.00631.